The third kappa shape index (κ3) is 2.45. The van der Waals surface area contributed by atoms with Crippen LogP contribution in [0.4, 0.5) is 0 Å². The van der Waals surface area contributed by atoms with Crippen LogP contribution in [0, 0.1) is 0 Å². The van der Waals surface area contributed by atoms with Gasteiger partial charge in [0.25, 0.3) is 5.91 Å². The molecule has 0 bridgehead atoms. The molecule has 4 heteroatoms. The monoisotopic (exact) mass is 200 g/mol. The Bertz CT molecular complexity index is 187. The first-order valence-electron chi connectivity index (χ1n) is 5.20. The van der Waals surface area contributed by atoms with E-state index in [0.29, 0.717) is 6.04 Å². The first kappa shape index (κ1) is 11.5. The maximum Gasteiger partial charge on any atom is 0.252 e. The Labute approximate surface area is 85.4 Å². The fraction of sp³-hybridized carbons (Fsp3) is 0.900. The van der Waals surface area contributed by atoms with Crippen LogP contribution in [0.3, 0.4) is 0 Å². The fourth-order valence-corrected chi connectivity index (χ4v) is 2.00. The van der Waals surface area contributed by atoms with E-state index in [4.69, 9.17) is 10.5 Å². The zero-order chi connectivity index (χ0) is 10.6. The molecule has 0 aliphatic heterocycles. The number of amides is 1. The number of methoxy groups -OCH3 is 1. The Morgan fingerprint density at radius 1 is 1.57 bits per heavy atom. The Morgan fingerprint density at radius 2 is 2.14 bits per heavy atom. The molecule has 0 aromatic rings. The van der Waals surface area contributed by atoms with Crippen LogP contribution in [0.15, 0.2) is 0 Å². The van der Waals surface area contributed by atoms with Crippen molar-refractivity contribution in [2.75, 3.05) is 20.7 Å². The second-order valence-electron chi connectivity index (χ2n) is 3.85. The summed E-state index contributed by atoms with van der Waals surface area (Å²) in [6.07, 6.45) is 4.21. The average Bonchev–Trinajstić information content (AvgIpc) is 2.71. The number of carbonyl (C=O) groups is 1. The number of hydrogen-bond acceptors (Lipinski definition) is 3. The highest BCUT2D eigenvalue weighted by Crippen LogP contribution is 2.22. The number of ether oxygens (including phenoxy) is 1. The van der Waals surface area contributed by atoms with Gasteiger partial charge in [-0.25, -0.2) is 0 Å². The van der Waals surface area contributed by atoms with Crippen LogP contribution in [0.1, 0.15) is 25.7 Å². The van der Waals surface area contributed by atoms with Crippen molar-refractivity contribution in [3.63, 3.8) is 0 Å². The Balaban J connectivity index is 2.49. The van der Waals surface area contributed by atoms with Gasteiger partial charge in [-0.1, -0.05) is 12.8 Å². The molecule has 1 fully saturated rings. The molecule has 0 spiro atoms. The average molecular weight is 200 g/mol. The first-order valence-corrected chi connectivity index (χ1v) is 5.20. The largest absolute Gasteiger partial charge is 0.370 e. The van der Waals surface area contributed by atoms with E-state index in [1.54, 1.807) is 4.90 Å². The second kappa shape index (κ2) is 5.32. The molecule has 82 valence electrons. The predicted molar refractivity (Wildman–Crippen MR) is 54.9 cm³/mol. The number of hydrogen-bond donors (Lipinski definition) is 1. The quantitative estimate of drug-likeness (QED) is 0.713. The van der Waals surface area contributed by atoms with Crippen molar-refractivity contribution in [1.29, 1.82) is 0 Å². The molecule has 0 radical (unpaired) electrons. The van der Waals surface area contributed by atoms with Gasteiger partial charge in [-0.15, -0.1) is 0 Å². The molecule has 0 saturated heterocycles. The predicted octanol–water partition coefficient (Wildman–Crippen LogP) is 0.361. The van der Waals surface area contributed by atoms with E-state index in [0.717, 1.165) is 12.8 Å². The minimum Gasteiger partial charge on any atom is -0.370 e. The topological polar surface area (TPSA) is 55.6 Å². The molecule has 1 aliphatic rings. The molecule has 2 N–H and O–H groups in total. The van der Waals surface area contributed by atoms with Crippen LogP contribution < -0.4 is 5.73 Å². The molecule has 1 saturated carbocycles. The smallest absolute Gasteiger partial charge is 0.252 e. The third-order valence-corrected chi connectivity index (χ3v) is 2.99. The number of likely N-dealkylation sites (N-methyl/N-ethyl adjacent to an activating group) is 1. The summed E-state index contributed by atoms with van der Waals surface area (Å²) in [6, 6.07) is 0.395. The highest BCUT2D eigenvalue weighted by Gasteiger charge is 2.27. The SMILES string of the molecule is COC(CN)C(=O)N(C)C1CCCC1. The minimum atomic E-state index is -0.472. The lowest BCUT2D eigenvalue weighted by atomic mass is 10.2. The van der Waals surface area contributed by atoms with E-state index >= 15 is 0 Å². The molecule has 0 aromatic carbocycles. The van der Waals surface area contributed by atoms with Crippen LogP contribution in [0.5, 0.6) is 0 Å². The van der Waals surface area contributed by atoms with E-state index in [2.05, 4.69) is 0 Å². The molecule has 1 rings (SSSR count). The molecule has 0 aromatic heterocycles. The van der Waals surface area contributed by atoms with Gasteiger partial charge in [0.2, 0.25) is 0 Å². The van der Waals surface area contributed by atoms with Crippen molar-refractivity contribution >= 4 is 5.91 Å². The van der Waals surface area contributed by atoms with Crippen molar-refractivity contribution in [2.24, 2.45) is 5.73 Å². The third-order valence-electron chi connectivity index (χ3n) is 2.99. The van der Waals surface area contributed by atoms with E-state index in [1.807, 2.05) is 7.05 Å². The summed E-state index contributed by atoms with van der Waals surface area (Å²) in [5, 5.41) is 0. The molecular formula is C10H20N2O2. The summed E-state index contributed by atoms with van der Waals surface area (Å²) >= 11 is 0. The van der Waals surface area contributed by atoms with Crippen molar-refractivity contribution in [1.82, 2.24) is 4.90 Å². The summed E-state index contributed by atoms with van der Waals surface area (Å²) in [7, 11) is 3.37. The lowest BCUT2D eigenvalue weighted by Crippen LogP contribution is -2.45. The lowest BCUT2D eigenvalue weighted by molar-refractivity contribution is -0.142. The molecule has 1 unspecified atom stereocenters. The number of nitrogens with zero attached hydrogens (tertiary/aromatic N) is 1. The number of rotatable bonds is 4. The summed E-state index contributed by atoms with van der Waals surface area (Å²) < 4.78 is 5.03. The highest BCUT2D eigenvalue weighted by atomic mass is 16.5. The van der Waals surface area contributed by atoms with E-state index < -0.39 is 6.10 Å². The normalized spacial score (nSPS) is 19.6. The molecule has 4 nitrogen and oxygen atoms in total. The van der Waals surface area contributed by atoms with E-state index in [9.17, 15) is 4.79 Å². The fourth-order valence-electron chi connectivity index (χ4n) is 2.00. The molecule has 1 atom stereocenters. The first-order chi connectivity index (χ1) is 6.70. The Kier molecular flexibility index (Phi) is 4.35. The van der Waals surface area contributed by atoms with Gasteiger partial charge in [0.05, 0.1) is 0 Å². The van der Waals surface area contributed by atoms with Gasteiger partial charge in [-0.05, 0) is 12.8 Å². The van der Waals surface area contributed by atoms with Gasteiger partial charge in [-0.3, -0.25) is 4.79 Å². The van der Waals surface area contributed by atoms with Crippen LogP contribution in [-0.2, 0) is 9.53 Å². The molecule has 1 aliphatic carbocycles. The summed E-state index contributed by atoms with van der Waals surface area (Å²) in [6.45, 7) is 0.256. The van der Waals surface area contributed by atoms with Crippen LogP contribution in [0.25, 0.3) is 0 Å². The minimum absolute atomic E-state index is 0.0156. The van der Waals surface area contributed by atoms with Crippen molar-refractivity contribution < 1.29 is 9.53 Å². The van der Waals surface area contributed by atoms with Gasteiger partial charge in [0, 0.05) is 26.7 Å². The molecular weight excluding hydrogens is 180 g/mol. The Morgan fingerprint density at radius 3 is 2.57 bits per heavy atom. The van der Waals surface area contributed by atoms with Crippen molar-refractivity contribution in [3.05, 3.63) is 0 Å². The summed E-state index contributed by atoms with van der Waals surface area (Å²) in [4.78, 5) is 13.6. The standard InChI is InChI=1S/C10H20N2O2/c1-12(8-5-3-4-6-8)10(13)9(7-11)14-2/h8-9H,3-7,11H2,1-2H3. The summed E-state index contributed by atoms with van der Waals surface area (Å²) in [5.74, 6) is 0.0156. The molecule has 1 amide bonds. The van der Waals surface area contributed by atoms with Crippen molar-refractivity contribution in [2.45, 2.75) is 37.8 Å². The van der Waals surface area contributed by atoms with Gasteiger partial charge >= 0.3 is 0 Å². The van der Waals surface area contributed by atoms with E-state index in [1.165, 1.54) is 20.0 Å². The van der Waals surface area contributed by atoms with E-state index in [-0.39, 0.29) is 12.5 Å². The highest BCUT2D eigenvalue weighted by molar-refractivity contribution is 5.81. The van der Waals surface area contributed by atoms with Gasteiger partial charge < -0.3 is 15.4 Å². The second-order valence-corrected chi connectivity index (χ2v) is 3.85. The molecule has 14 heavy (non-hydrogen) atoms. The van der Waals surface area contributed by atoms with Crippen LogP contribution in [0.2, 0.25) is 0 Å². The van der Waals surface area contributed by atoms with Gasteiger partial charge in [-0.2, -0.15) is 0 Å². The zero-order valence-electron chi connectivity index (χ0n) is 9.03. The van der Waals surface area contributed by atoms with Crippen LogP contribution in [-0.4, -0.2) is 43.7 Å². The number of nitrogens with two attached hydrogens (primary N) is 1. The number of carbonyl (C=O) groups excluding carboxylic acids is 1. The van der Waals surface area contributed by atoms with Gasteiger partial charge in [0.1, 0.15) is 6.10 Å². The van der Waals surface area contributed by atoms with Crippen LogP contribution >= 0.6 is 0 Å². The Hall–Kier alpha value is -0.610. The van der Waals surface area contributed by atoms with Crippen molar-refractivity contribution in [3.8, 4) is 0 Å². The lowest BCUT2D eigenvalue weighted by Gasteiger charge is -2.27. The van der Waals surface area contributed by atoms with Gasteiger partial charge in [0.15, 0.2) is 0 Å². The summed E-state index contributed by atoms with van der Waals surface area (Å²) in [5.41, 5.74) is 5.45. The maximum atomic E-state index is 11.8. The maximum absolute atomic E-state index is 11.8. The molecule has 0 heterocycles. The zero-order valence-corrected chi connectivity index (χ0v) is 9.03.